The second-order valence-electron chi connectivity index (χ2n) is 5.86. The predicted molar refractivity (Wildman–Crippen MR) is 99.9 cm³/mol. The van der Waals surface area contributed by atoms with Gasteiger partial charge in [0.05, 0.1) is 29.6 Å². The maximum Gasteiger partial charge on any atom is 0.256 e. The van der Waals surface area contributed by atoms with Gasteiger partial charge in [0.15, 0.2) is 0 Å². The number of rotatable bonds is 4. The van der Waals surface area contributed by atoms with Gasteiger partial charge in [-0.3, -0.25) is 9.59 Å². The molecule has 6 nitrogen and oxygen atoms in total. The Kier molecular flexibility index (Phi) is 5.64. The molecule has 8 heteroatoms. The van der Waals surface area contributed by atoms with Crippen molar-refractivity contribution in [2.24, 2.45) is 0 Å². The molecule has 3 rings (SSSR count). The number of likely N-dealkylation sites (tertiary alicyclic amines) is 1. The second kappa shape index (κ2) is 7.93. The molecule has 1 aliphatic heterocycles. The summed E-state index contributed by atoms with van der Waals surface area (Å²) in [5, 5.41) is 3.52. The molecule has 1 aliphatic rings. The Morgan fingerprint density at radius 1 is 1.27 bits per heavy atom. The van der Waals surface area contributed by atoms with Crippen molar-refractivity contribution in [2.75, 3.05) is 19.0 Å². The number of hydrogen-bond acceptors (Lipinski definition) is 4. The fourth-order valence-corrected chi connectivity index (χ4v) is 3.27. The van der Waals surface area contributed by atoms with Gasteiger partial charge in [-0.05, 0) is 37.1 Å². The number of aromatic nitrogens is 1. The molecular formula is C18H17Cl2N3O3. The largest absolute Gasteiger partial charge is 0.481 e. The lowest BCUT2D eigenvalue weighted by atomic mass is 10.1. The van der Waals surface area contributed by atoms with E-state index < -0.39 is 6.04 Å². The van der Waals surface area contributed by atoms with E-state index in [1.807, 2.05) is 0 Å². The highest BCUT2D eigenvalue weighted by atomic mass is 35.5. The molecular weight excluding hydrogens is 377 g/mol. The van der Waals surface area contributed by atoms with Gasteiger partial charge in [-0.2, -0.15) is 0 Å². The number of anilines is 1. The van der Waals surface area contributed by atoms with Gasteiger partial charge in [0.2, 0.25) is 11.8 Å². The molecule has 1 aromatic heterocycles. The molecule has 2 amide bonds. The van der Waals surface area contributed by atoms with Gasteiger partial charge < -0.3 is 15.0 Å². The highest BCUT2D eigenvalue weighted by molar-refractivity contribution is 6.35. The van der Waals surface area contributed by atoms with Crippen LogP contribution in [0.25, 0.3) is 0 Å². The third kappa shape index (κ3) is 3.92. The Hall–Kier alpha value is -2.31. The lowest BCUT2D eigenvalue weighted by Crippen LogP contribution is -2.43. The summed E-state index contributed by atoms with van der Waals surface area (Å²) < 4.78 is 4.99. The Bertz CT molecular complexity index is 827. The number of pyridine rings is 1. The van der Waals surface area contributed by atoms with Gasteiger partial charge in [0, 0.05) is 17.6 Å². The highest BCUT2D eigenvalue weighted by Crippen LogP contribution is 2.27. The minimum absolute atomic E-state index is 0.263. The lowest BCUT2D eigenvalue weighted by Gasteiger charge is -2.24. The summed E-state index contributed by atoms with van der Waals surface area (Å²) >= 11 is 12.1. The van der Waals surface area contributed by atoms with Gasteiger partial charge in [-0.25, -0.2) is 4.98 Å². The molecule has 1 saturated heterocycles. The number of nitrogens with one attached hydrogen (secondary N) is 1. The van der Waals surface area contributed by atoms with E-state index in [0.29, 0.717) is 40.1 Å². The van der Waals surface area contributed by atoms with Crippen LogP contribution in [0.15, 0.2) is 36.5 Å². The van der Waals surface area contributed by atoms with Crippen molar-refractivity contribution in [3.63, 3.8) is 0 Å². The number of benzene rings is 1. The van der Waals surface area contributed by atoms with E-state index in [0.717, 1.165) is 6.42 Å². The van der Waals surface area contributed by atoms with Crippen LogP contribution in [-0.2, 0) is 4.79 Å². The summed E-state index contributed by atoms with van der Waals surface area (Å²) in [6.07, 6.45) is 2.83. The summed E-state index contributed by atoms with van der Waals surface area (Å²) in [6, 6.07) is 7.49. The Balaban J connectivity index is 1.75. The Morgan fingerprint density at radius 3 is 2.77 bits per heavy atom. The van der Waals surface area contributed by atoms with Crippen LogP contribution in [0.5, 0.6) is 5.88 Å². The zero-order valence-electron chi connectivity index (χ0n) is 14.0. The molecule has 2 heterocycles. The van der Waals surface area contributed by atoms with Crippen LogP contribution in [-0.4, -0.2) is 41.4 Å². The summed E-state index contributed by atoms with van der Waals surface area (Å²) in [4.78, 5) is 31.1. The van der Waals surface area contributed by atoms with Crippen molar-refractivity contribution in [3.8, 4) is 5.88 Å². The van der Waals surface area contributed by atoms with Crippen molar-refractivity contribution in [3.05, 3.63) is 52.1 Å². The van der Waals surface area contributed by atoms with E-state index in [-0.39, 0.29) is 11.8 Å². The summed E-state index contributed by atoms with van der Waals surface area (Å²) in [6.45, 7) is 0.487. The minimum atomic E-state index is -0.570. The summed E-state index contributed by atoms with van der Waals surface area (Å²) in [5.74, 6) is -0.111. The average molecular weight is 394 g/mol. The Morgan fingerprint density at radius 2 is 2.08 bits per heavy atom. The topological polar surface area (TPSA) is 71.5 Å². The van der Waals surface area contributed by atoms with Gasteiger partial charge in [0.1, 0.15) is 6.04 Å². The van der Waals surface area contributed by atoms with E-state index in [1.54, 1.807) is 24.3 Å². The number of carbonyl (C=O) groups excluding carboxylic acids is 2. The number of halogens is 2. The number of amides is 2. The first-order chi connectivity index (χ1) is 12.5. The second-order valence-corrected chi connectivity index (χ2v) is 6.70. The van der Waals surface area contributed by atoms with E-state index in [9.17, 15) is 9.59 Å². The zero-order valence-corrected chi connectivity index (χ0v) is 15.5. The molecule has 0 radical (unpaired) electrons. The van der Waals surface area contributed by atoms with Crippen molar-refractivity contribution >= 4 is 40.7 Å². The van der Waals surface area contributed by atoms with Gasteiger partial charge in [-0.1, -0.05) is 23.2 Å². The van der Waals surface area contributed by atoms with E-state index >= 15 is 0 Å². The molecule has 136 valence electrons. The summed E-state index contributed by atoms with van der Waals surface area (Å²) in [5.41, 5.74) is 0.834. The summed E-state index contributed by atoms with van der Waals surface area (Å²) in [7, 11) is 1.52. The number of carbonyl (C=O) groups is 2. The molecule has 1 fully saturated rings. The molecule has 1 atom stereocenters. The highest BCUT2D eigenvalue weighted by Gasteiger charge is 2.35. The average Bonchev–Trinajstić information content (AvgIpc) is 3.13. The smallest absolute Gasteiger partial charge is 0.256 e. The quantitative estimate of drug-likeness (QED) is 0.860. The predicted octanol–water partition coefficient (Wildman–Crippen LogP) is 3.64. The SMILES string of the molecule is COc1ccc(NC(=O)[C@@H]2CCCN2C(=O)c2cc(Cl)ccc2Cl)cn1. The normalized spacial score (nSPS) is 16.4. The molecule has 0 bridgehead atoms. The Labute approximate surface area is 161 Å². The first-order valence-electron chi connectivity index (χ1n) is 8.06. The van der Waals surface area contributed by atoms with Crippen LogP contribution < -0.4 is 10.1 Å². The molecule has 0 unspecified atom stereocenters. The van der Waals surface area contributed by atoms with Crippen LogP contribution in [0.2, 0.25) is 10.0 Å². The zero-order chi connectivity index (χ0) is 18.7. The fourth-order valence-electron chi connectivity index (χ4n) is 2.90. The first kappa shape index (κ1) is 18.5. The molecule has 0 spiro atoms. The van der Waals surface area contributed by atoms with Crippen LogP contribution in [0.1, 0.15) is 23.2 Å². The van der Waals surface area contributed by atoms with Crippen LogP contribution in [0.4, 0.5) is 5.69 Å². The molecule has 0 saturated carbocycles. The maximum atomic E-state index is 12.8. The van der Waals surface area contributed by atoms with Crippen molar-refractivity contribution in [1.82, 2.24) is 9.88 Å². The van der Waals surface area contributed by atoms with Crippen molar-refractivity contribution in [1.29, 1.82) is 0 Å². The number of hydrogen-bond donors (Lipinski definition) is 1. The van der Waals surface area contributed by atoms with Crippen molar-refractivity contribution < 1.29 is 14.3 Å². The molecule has 1 aromatic carbocycles. The monoisotopic (exact) mass is 393 g/mol. The van der Waals surface area contributed by atoms with Crippen LogP contribution in [0, 0.1) is 0 Å². The van der Waals surface area contributed by atoms with Crippen LogP contribution in [0.3, 0.4) is 0 Å². The number of ether oxygens (including phenoxy) is 1. The molecule has 0 aliphatic carbocycles. The van der Waals surface area contributed by atoms with E-state index in [1.165, 1.54) is 24.3 Å². The molecule has 26 heavy (non-hydrogen) atoms. The minimum Gasteiger partial charge on any atom is -0.481 e. The third-order valence-electron chi connectivity index (χ3n) is 4.19. The lowest BCUT2D eigenvalue weighted by molar-refractivity contribution is -0.119. The molecule has 2 aromatic rings. The van der Waals surface area contributed by atoms with Gasteiger partial charge in [-0.15, -0.1) is 0 Å². The first-order valence-corrected chi connectivity index (χ1v) is 8.82. The number of methoxy groups -OCH3 is 1. The van der Waals surface area contributed by atoms with Gasteiger partial charge >= 0.3 is 0 Å². The van der Waals surface area contributed by atoms with Gasteiger partial charge in [0.25, 0.3) is 5.91 Å². The standard InChI is InChI=1S/C18H17Cl2N3O3/c1-26-16-7-5-12(10-21-16)22-17(24)15-3-2-8-23(15)18(25)13-9-11(19)4-6-14(13)20/h4-7,9-10,15H,2-3,8H2,1H3,(H,22,24)/t15-/m0/s1. The maximum absolute atomic E-state index is 12.8. The van der Waals surface area contributed by atoms with E-state index in [2.05, 4.69) is 10.3 Å². The molecule has 1 N–H and O–H groups in total. The van der Waals surface area contributed by atoms with Crippen LogP contribution >= 0.6 is 23.2 Å². The fraction of sp³-hybridized carbons (Fsp3) is 0.278. The third-order valence-corrected chi connectivity index (χ3v) is 4.75. The number of nitrogens with zero attached hydrogens (tertiary/aromatic N) is 2. The van der Waals surface area contributed by atoms with Crippen molar-refractivity contribution in [2.45, 2.75) is 18.9 Å². The van der Waals surface area contributed by atoms with E-state index in [4.69, 9.17) is 27.9 Å².